The van der Waals surface area contributed by atoms with Gasteiger partial charge < -0.3 is 30.6 Å². The highest BCUT2D eigenvalue weighted by Crippen LogP contribution is 2.31. The van der Waals surface area contributed by atoms with E-state index in [4.69, 9.17) is 19.9 Å². The first-order valence-electron chi connectivity index (χ1n) is 11.9. The van der Waals surface area contributed by atoms with Crippen molar-refractivity contribution in [2.75, 3.05) is 37.0 Å². The molecule has 0 bridgehead atoms. The second-order valence-electron chi connectivity index (χ2n) is 8.49. The number of aromatic nitrogens is 1. The molecule has 2 amide bonds. The van der Waals surface area contributed by atoms with Gasteiger partial charge in [0.05, 0.1) is 5.52 Å². The van der Waals surface area contributed by atoms with E-state index in [0.717, 1.165) is 10.9 Å². The summed E-state index contributed by atoms with van der Waals surface area (Å²) in [7, 11) is 0. The van der Waals surface area contributed by atoms with E-state index in [9.17, 15) is 9.59 Å². The molecule has 0 radical (unpaired) electrons. The lowest BCUT2D eigenvalue weighted by Crippen LogP contribution is -2.17. The van der Waals surface area contributed by atoms with Gasteiger partial charge in [0, 0.05) is 40.5 Å². The van der Waals surface area contributed by atoms with Crippen molar-refractivity contribution in [1.29, 1.82) is 0 Å². The quantitative estimate of drug-likeness (QED) is 0.317. The van der Waals surface area contributed by atoms with Gasteiger partial charge in [0.25, 0.3) is 11.8 Å². The van der Waals surface area contributed by atoms with Crippen molar-refractivity contribution >= 4 is 46.5 Å². The summed E-state index contributed by atoms with van der Waals surface area (Å²) in [5.74, 6) is 1.08. The van der Waals surface area contributed by atoms with Crippen molar-refractivity contribution in [3.05, 3.63) is 83.4 Å². The number of nitrogens with two attached hydrogens (primary N) is 1. The molecule has 3 aromatic carbocycles. The minimum atomic E-state index is -0.296. The van der Waals surface area contributed by atoms with Crippen LogP contribution in [0.15, 0.2) is 66.7 Å². The van der Waals surface area contributed by atoms with Crippen LogP contribution in [0.4, 0.5) is 11.4 Å². The molecule has 9 nitrogen and oxygen atoms in total. The summed E-state index contributed by atoms with van der Waals surface area (Å²) in [6, 6.07) is 19.3. The largest absolute Gasteiger partial charge is 0.486 e. The molecular formula is C28H27ClN4O5. The van der Waals surface area contributed by atoms with E-state index in [2.05, 4.69) is 15.6 Å². The molecule has 0 aliphatic carbocycles. The third-order valence-electron chi connectivity index (χ3n) is 5.84. The van der Waals surface area contributed by atoms with Gasteiger partial charge in [0.2, 0.25) is 5.88 Å². The van der Waals surface area contributed by atoms with Crippen LogP contribution in [0, 0.1) is 6.92 Å². The number of nitrogens with zero attached hydrogens (tertiary/aromatic N) is 1. The third-order valence-corrected chi connectivity index (χ3v) is 5.84. The lowest BCUT2D eigenvalue weighted by atomic mass is 10.1. The summed E-state index contributed by atoms with van der Waals surface area (Å²) in [5, 5.41) is 6.62. The molecule has 4 aromatic rings. The fraction of sp³-hybridized carbons (Fsp3) is 0.179. The number of hydrogen-bond acceptors (Lipinski definition) is 7. The predicted molar refractivity (Wildman–Crippen MR) is 148 cm³/mol. The van der Waals surface area contributed by atoms with Crippen LogP contribution >= 0.6 is 12.4 Å². The number of amides is 2. The van der Waals surface area contributed by atoms with Gasteiger partial charge in [-0.05, 0) is 67.1 Å². The van der Waals surface area contributed by atoms with Crippen LogP contribution in [0.1, 0.15) is 26.3 Å². The summed E-state index contributed by atoms with van der Waals surface area (Å²) < 4.78 is 16.5. The van der Waals surface area contributed by atoms with E-state index >= 15 is 0 Å². The minimum absolute atomic E-state index is 0. The van der Waals surface area contributed by atoms with Gasteiger partial charge in [-0.25, -0.2) is 4.98 Å². The van der Waals surface area contributed by atoms with Gasteiger partial charge in [-0.1, -0.05) is 6.07 Å². The maximum absolute atomic E-state index is 13.0. The highest BCUT2D eigenvalue weighted by atomic mass is 35.5. The molecule has 4 N–H and O–H groups in total. The fourth-order valence-electron chi connectivity index (χ4n) is 3.91. The number of ether oxygens (including phenoxy) is 3. The summed E-state index contributed by atoms with van der Waals surface area (Å²) in [5.41, 5.74) is 9.11. The number of carbonyl (C=O) groups is 2. The number of pyridine rings is 1. The van der Waals surface area contributed by atoms with Crippen molar-refractivity contribution in [1.82, 2.24) is 4.98 Å². The number of halogens is 1. The average Bonchev–Trinajstić information content (AvgIpc) is 2.93. The summed E-state index contributed by atoms with van der Waals surface area (Å²) >= 11 is 0. The lowest BCUT2D eigenvalue weighted by Gasteiger charge is -2.18. The number of fused-ring (bicyclic) bond motifs is 2. The summed E-state index contributed by atoms with van der Waals surface area (Å²) in [6.45, 7) is 3.60. The molecule has 0 fully saturated rings. The number of anilines is 2. The molecule has 2 heterocycles. The van der Waals surface area contributed by atoms with Crippen molar-refractivity contribution in [2.24, 2.45) is 5.73 Å². The first-order chi connectivity index (χ1) is 18.0. The molecule has 0 spiro atoms. The average molecular weight is 535 g/mol. The van der Waals surface area contributed by atoms with Gasteiger partial charge in [0.1, 0.15) is 19.8 Å². The van der Waals surface area contributed by atoms with Crippen LogP contribution in [0.2, 0.25) is 0 Å². The normalized spacial score (nSPS) is 11.8. The smallest absolute Gasteiger partial charge is 0.255 e. The van der Waals surface area contributed by atoms with Gasteiger partial charge >= 0.3 is 0 Å². The Labute approximate surface area is 225 Å². The maximum Gasteiger partial charge on any atom is 0.255 e. The number of nitrogens with one attached hydrogen (secondary N) is 2. The van der Waals surface area contributed by atoms with Crippen LogP contribution in [0.25, 0.3) is 10.9 Å². The first kappa shape index (κ1) is 26.7. The Morgan fingerprint density at radius 1 is 0.895 bits per heavy atom. The standard InChI is InChI=1S/C28H26N4O5.ClH/c1-17-2-6-21(30-27(33)20-4-8-24-25(15-20)36-13-12-35-24)16-23(17)32-28(34)19-3-7-22-18(14-19)5-9-26(31-22)37-11-10-29;/h2-9,14-16H,10-13,29H2,1H3,(H,30,33)(H,32,34);1H. The fourth-order valence-corrected chi connectivity index (χ4v) is 3.91. The number of benzene rings is 3. The molecule has 5 rings (SSSR count). The van der Waals surface area contributed by atoms with Crippen LogP contribution in [0.5, 0.6) is 17.4 Å². The van der Waals surface area contributed by atoms with Crippen molar-refractivity contribution in [3.8, 4) is 17.4 Å². The molecule has 1 aliphatic rings. The van der Waals surface area contributed by atoms with E-state index in [-0.39, 0.29) is 24.2 Å². The Morgan fingerprint density at radius 2 is 1.63 bits per heavy atom. The summed E-state index contributed by atoms with van der Waals surface area (Å²) in [6.07, 6.45) is 0. The Morgan fingerprint density at radius 3 is 2.45 bits per heavy atom. The van der Waals surface area contributed by atoms with Crippen LogP contribution in [-0.2, 0) is 0 Å². The van der Waals surface area contributed by atoms with E-state index in [1.54, 1.807) is 54.6 Å². The Hall–Kier alpha value is -4.34. The van der Waals surface area contributed by atoms with Crippen LogP contribution < -0.4 is 30.6 Å². The molecule has 38 heavy (non-hydrogen) atoms. The molecular weight excluding hydrogens is 508 g/mol. The van der Waals surface area contributed by atoms with Crippen molar-refractivity contribution in [2.45, 2.75) is 6.92 Å². The van der Waals surface area contributed by atoms with Crippen LogP contribution in [0.3, 0.4) is 0 Å². The zero-order valence-corrected chi connectivity index (χ0v) is 21.5. The topological polar surface area (TPSA) is 125 Å². The minimum Gasteiger partial charge on any atom is -0.486 e. The van der Waals surface area contributed by atoms with Crippen molar-refractivity contribution in [3.63, 3.8) is 0 Å². The predicted octanol–water partition coefficient (Wildman–Crippen LogP) is 4.58. The zero-order valence-electron chi connectivity index (χ0n) is 20.7. The van der Waals surface area contributed by atoms with Crippen LogP contribution in [-0.4, -0.2) is 43.2 Å². The maximum atomic E-state index is 13.0. The molecule has 0 saturated carbocycles. The Kier molecular flexibility index (Phi) is 8.30. The molecule has 10 heteroatoms. The number of carbonyl (C=O) groups excluding carboxylic acids is 2. The Bertz CT molecular complexity index is 1490. The molecule has 0 atom stereocenters. The molecule has 0 unspecified atom stereocenters. The molecule has 1 aromatic heterocycles. The van der Waals surface area contributed by atoms with E-state index in [1.165, 1.54) is 0 Å². The highest BCUT2D eigenvalue weighted by Gasteiger charge is 2.16. The van der Waals surface area contributed by atoms with Gasteiger partial charge in [-0.2, -0.15) is 0 Å². The second kappa shape index (κ2) is 11.8. The SMILES string of the molecule is Cc1ccc(NC(=O)c2ccc3c(c2)OCCO3)cc1NC(=O)c1ccc2nc(OCCN)ccc2c1.Cl. The van der Waals surface area contributed by atoms with E-state index < -0.39 is 0 Å². The monoisotopic (exact) mass is 534 g/mol. The number of hydrogen-bond donors (Lipinski definition) is 3. The third kappa shape index (κ3) is 5.96. The highest BCUT2D eigenvalue weighted by molar-refractivity contribution is 6.08. The van der Waals surface area contributed by atoms with Crippen molar-refractivity contribution < 1.29 is 23.8 Å². The van der Waals surface area contributed by atoms with Gasteiger partial charge in [-0.15, -0.1) is 12.4 Å². The van der Waals surface area contributed by atoms with Gasteiger partial charge in [-0.3, -0.25) is 9.59 Å². The second-order valence-corrected chi connectivity index (χ2v) is 8.49. The number of rotatable bonds is 7. The summed E-state index contributed by atoms with van der Waals surface area (Å²) in [4.78, 5) is 30.3. The van der Waals surface area contributed by atoms with E-state index in [0.29, 0.717) is 71.8 Å². The van der Waals surface area contributed by atoms with Gasteiger partial charge in [0.15, 0.2) is 11.5 Å². The van der Waals surface area contributed by atoms with E-state index in [1.807, 2.05) is 19.1 Å². The molecule has 196 valence electrons. The Balaban J connectivity index is 0.00000336. The first-order valence-corrected chi connectivity index (χ1v) is 11.9. The lowest BCUT2D eigenvalue weighted by molar-refractivity contribution is 0.101. The molecule has 0 saturated heterocycles. The number of aryl methyl sites for hydroxylation is 1. The molecule has 1 aliphatic heterocycles. The zero-order chi connectivity index (χ0) is 25.8.